The predicted octanol–water partition coefficient (Wildman–Crippen LogP) is 1.72. The molecule has 0 saturated heterocycles. The first-order valence-electron chi connectivity index (χ1n) is 6.10. The molecular formula is C13H18ClN3O2. The molecule has 0 aliphatic heterocycles. The predicted molar refractivity (Wildman–Crippen MR) is 74.4 cm³/mol. The van der Waals surface area contributed by atoms with Crippen LogP contribution >= 0.6 is 11.6 Å². The van der Waals surface area contributed by atoms with Crippen LogP contribution in [0.2, 0.25) is 5.15 Å². The Bertz CT molecular complexity index is 475. The molecule has 0 aliphatic rings. The fourth-order valence-electron chi connectivity index (χ4n) is 1.46. The maximum atomic E-state index is 11.9. The van der Waals surface area contributed by atoms with E-state index in [2.05, 4.69) is 15.6 Å². The van der Waals surface area contributed by atoms with E-state index in [9.17, 15) is 9.59 Å². The lowest BCUT2D eigenvalue weighted by Crippen LogP contribution is -2.29. The molecule has 0 saturated carbocycles. The Labute approximate surface area is 117 Å². The van der Waals surface area contributed by atoms with Gasteiger partial charge in [0.25, 0.3) is 5.91 Å². The van der Waals surface area contributed by atoms with Crippen molar-refractivity contribution in [2.24, 2.45) is 0 Å². The first-order chi connectivity index (χ1) is 8.93. The number of amides is 2. The van der Waals surface area contributed by atoms with Gasteiger partial charge >= 0.3 is 0 Å². The van der Waals surface area contributed by atoms with Crippen LogP contribution in [-0.4, -0.2) is 30.4 Å². The molecule has 1 heterocycles. The van der Waals surface area contributed by atoms with Crippen LogP contribution < -0.4 is 10.6 Å². The molecule has 1 aromatic heterocycles. The summed E-state index contributed by atoms with van der Waals surface area (Å²) in [6.45, 7) is 4.24. The van der Waals surface area contributed by atoms with Gasteiger partial charge in [0.15, 0.2) is 0 Å². The first-order valence-corrected chi connectivity index (χ1v) is 6.48. The van der Waals surface area contributed by atoms with Crippen LogP contribution in [0, 0.1) is 0 Å². The molecule has 104 valence electrons. The van der Waals surface area contributed by atoms with Gasteiger partial charge in [0.2, 0.25) is 5.91 Å². The second-order valence-corrected chi connectivity index (χ2v) is 4.82. The molecule has 0 fully saturated rings. The molecule has 0 spiro atoms. The summed E-state index contributed by atoms with van der Waals surface area (Å²) in [5, 5.41) is 5.46. The molecule has 1 aromatic rings. The number of carbonyl (C=O) groups excluding carboxylic acids is 2. The fourth-order valence-corrected chi connectivity index (χ4v) is 1.68. The average Bonchev–Trinajstić information content (AvgIpc) is 2.37. The largest absolute Gasteiger partial charge is 0.359 e. The maximum Gasteiger partial charge on any atom is 0.251 e. The van der Waals surface area contributed by atoms with Crippen LogP contribution in [-0.2, 0) is 4.79 Å². The summed E-state index contributed by atoms with van der Waals surface area (Å²) in [7, 11) is 1.56. The van der Waals surface area contributed by atoms with Crippen molar-refractivity contribution < 1.29 is 9.59 Å². The molecule has 0 bridgehead atoms. The minimum atomic E-state index is -0.255. The van der Waals surface area contributed by atoms with Gasteiger partial charge in [-0.2, -0.15) is 0 Å². The summed E-state index contributed by atoms with van der Waals surface area (Å²) in [5.41, 5.74) is 1.23. The number of hydrogen-bond acceptors (Lipinski definition) is 3. The third kappa shape index (κ3) is 4.87. The number of halogens is 1. The van der Waals surface area contributed by atoms with E-state index in [4.69, 9.17) is 11.6 Å². The summed E-state index contributed by atoms with van der Waals surface area (Å²) >= 11 is 5.89. The van der Waals surface area contributed by atoms with Crippen molar-refractivity contribution in [3.8, 4) is 0 Å². The van der Waals surface area contributed by atoms with Gasteiger partial charge in [-0.05, 0) is 18.1 Å². The van der Waals surface area contributed by atoms with Gasteiger partial charge in [-0.25, -0.2) is 4.98 Å². The molecule has 1 rings (SSSR count). The zero-order valence-electron chi connectivity index (χ0n) is 11.3. The van der Waals surface area contributed by atoms with E-state index in [0.717, 1.165) is 5.69 Å². The number of nitrogens with zero attached hydrogens (tertiary/aromatic N) is 1. The summed E-state index contributed by atoms with van der Waals surface area (Å²) in [4.78, 5) is 27.1. The Kier molecular flexibility index (Phi) is 5.76. The molecule has 6 heteroatoms. The Morgan fingerprint density at radius 1 is 1.37 bits per heavy atom. The Morgan fingerprint density at radius 3 is 2.63 bits per heavy atom. The molecule has 2 N–H and O–H groups in total. The Morgan fingerprint density at radius 2 is 2.05 bits per heavy atom. The molecule has 0 radical (unpaired) electrons. The summed E-state index contributed by atoms with van der Waals surface area (Å²) in [6.07, 6.45) is 0.248. The van der Waals surface area contributed by atoms with E-state index in [1.54, 1.807) is 13.1 Å². The highest BCUT2D eigenvalue weighted by Gasteiger charge is 2.11. The highest BCUT2D eigenvalue weighted by Crippen LogP contribution is 2.17. The van der Waals surface area contributed by atoms with Crippen LogP contribution in [0.25, 0.3) is 0 Å². The normalized spacial score (nSPS) is 10.4. The number of aromatic nitrogens is 1. The van der Waals surface area contributed by atoms with Crippen LogP contribution in [0.1, 0.15) is 42.2 Å². The second-order valence-electron chi connectivity index (χ2n) is 4.44. The van der Waals surface area contributed by atoms with Gasteiger partial charge in [0.05, 0.1) is 0 Å². The van der Waals surface area contributed by atoms with Gasteiger partial charge < -0.3 is 10.6 Å². The molecular weight excluding hydrogens is 266 g/mol. The highest BCUT2D eigenvalue weighted by molar-refractivity contribution is 6.29. The quantitative estimate of drug-likeness (QED) is 0.809. The zero-order valence-corrected chi connectivity index (χ0v) is 12.0. The Hall–Kier alpha value is -1.62. The average molecular weight is 284 g/mol. The molecule has 2 amide bonds. The number of pyridine rings is 1. The highest BCUT2D eigenvalue weighted by atomic mass is 35.5. The SMILES string of the molecule is CNC(=O)CCNC(=O)c1cc(Cl)nc(C(C)C)c1. The zero-order chi connectivity index (χ0) is 14.4. The van der Waals surface area contributed by atoms with E-state index in [0.29, 0.717) is 10.7 Å². The molecule has 0 aliphatic carbocycles. The fraction of sp³-hybridized carbons (Fsp3) is 0.462. The third-order valence-corrected chi connectivity index (χ3v) is 2.78. The summed E-state index contributed by atoms with van der Waals surface area (Å²) in [5.74, 6) is -0.179. The maximum absolute atomic E-state index is 11.9. The van der Waals surface area contributed by atoms with Crippen LogP contribution in [0.4, 0.5) is 0 Å². The monoisotopic (exact) mass is 283 g/mol. The molecule has 19 heavy (non-hydrogen) atoms. The van der Waals surface area contributed by atoms with E-state index >= 15 is 0 Å². The van der Waals surface area contributed by atoms with Crippen LogP contribution in [0.3, 0.4) is 0 Å². The van der Waals surface area contributed by atoms with E-state index in [-0.39, 0.29) is 30.7 Å². The Balaban J connectivity index is 2.69. The summed E-state index contributed by atoms with van der Waals surface area (Å²) in [6, 6.07) is 3.23. The molecule has 0 unspecified atom stereocenters. The minimum absolute atomic E-state index is 0.115. The molecule has 0 aromatic carbocycles. The smallest absolute Gasteiger partial charge is 0.251 e. The first kappa shape index (κ1) is 15.4. The van der Waals surface area contributed by atoms with Gasteiger partial charge in [0.1, 0.15) is 5.15 Å². The number of nitrogens with one attached hydrogen (secondary N) is 2. The van der Waals surface area contributed by atoms with Crippen molar-refractivity contribution in [3.63, 3.8) is 0 Å². The van der Waals surface area contributed by atoms with Gasteiger partial charge in [-0.15, -0.1) is 0 Å². The van der Waals surface area contributed by atoms with E-state index in [1.165, 1.54) is 6.07 Å². The van der Waals surface area contributed by atoms with Crippen molar-refractivity contribution in [3.05, 3.63) is 28.5 Å². The molecule has 0 atom stereocenters. The van der Waals surface area contributed by atoms with Crippen molar-refractivity contribution in [2.75, 3.05) is 13.6 Å². The van der Waals surface area contributed by atoms with Gasteiger partial charge in [-0.3, -0.25) is 9.59 Å². The van der Waals surface area contributed by atoms with Crippen molar-refractivity contribution >= 4 is 23.4 Å². The third-order valence-electron chi connectivity index (χ3n) is 2.58. The topological polar surface area (TPSA) is 71.1 Å². The van der Waals surface area contributed by atoms with Crippen molar-refractivity contribution in [2.45, 2.75) is 26.2 Å². The van der Waals surface area contributed by atoms with E-state index < -0.39 is 0 Å². The standard InChI is InChI=1S/C13H18ClN3O2/c1-8(2)10-6-9(7-11(14)17-10)13(19)16-5-4-12(18)15-3/h6-8H,4-5H2,1-3H3,(H,15,18)(H,16,19). The second kappa shape index (κ2) is 7.09. The number of carbonyl (C=O) groups is 2. The summed E-state index contributed by atoms with van der Waals surface area (Å²) < 4.78 is 0. The molecule has 5 nitrogen and oxygen atoms in total. The number of rotatable bonds is 5. The lowest BCUT2D eigenvalue weighted by Gasteiger charge is -2.09. The van der Waals surface area contributed by atoms with Crippen molar-refractivity contribution in [1.82, 2.24) is 15.6 Å². The minimum Gasteiger partial charge on any atom is -0.359 e. The van der Waals surface area contributed by atoms with Crippen LogP contribution in [0.15, 0.2) is 12.1 Å². The lowest BCUT2D eigenvalue weighted by molar-refractivity contribution is -0.120. The number of hydrogen-bond donors (Lipinski definition) is 2. The lowest BCUT2D eigenvalue weighted by atomic mass is 10.1. The van der Waals surface area contributed by atoms with Crippen LogP contribution in [0.5, 0.6) is 0 Å². The van der Waals surface area contributed by atoms with E-state index in [1.807, 2.05) is 13.8 Å². The van der Waals surface area contributed by atoms with Gasteiger partial charge in [0, 0.05) is 31.3 Å². The van der Waals surface area contributed by atoms with Crippen molar-refractivity contribution in [1.29, 1.82) is 0 Å². The van der Waals surface area contributed by atoms with Gasteiger partial charge in [-0.1, -0.05) is 25.4 Å².